The largest absolute Gasteiger partial charge is 0.265 e. The highest BCUT2D eigenvalue weighted by Gasteiger charge is 2.23. The van der Waals surface area contributed by atoms with E-state index >= 15 is 0 Å². The zero-order valence-electron chi connectivity index (χ0n) is 11.0. The monoisotopic (exact) mass is 249 g/mol. The molecule has 0 bridgehead atoms. The summed E-state index contributed by atoms with van der Waals surface area (Å²) in [7, 11) is 2.23. The molecule has 1 atom stereocenters. The molecular weight excluding hydrogens is 232 g/mol. The average Bonchev–Trinajstić information content (AvgIpc) is 2.50. The number of pyridine rings is 1. The minimum atomic E-state index is 0.815. The van der Waals surface area contributed by atoms with Gasteiger partial charge in [0.2, 0.25) is 0 Å². The smallest absolute Gasteiger partial charge is 0.137 e. The van der Waals surface area contributed by atoms with Crippen molar-refractivity contribution in [3.8, 4) is 0 Å². The molecule has 2 nitrogen and oxygen atoms in total. The number of hydrogen-bond acceptors (Lipinski definition) is 1. The molecule has 1 aliphatic heterocycles. The molecule has 2 aromatic rings. The maximum absolute atomic E-state index is 4.06. The van der Waals surface area contributed by atoms with E-state index in [-0.39, 0.29) is 0 Å². The van der Waals surface area contributed by atoms with E-state index in [9.17, 15) is 0 Å². The molecule has 3 rings (SSSR count). The molecule has 94 valence electrons. The second-order valence-corrected chi connectivity index (χ2v) is 5.00. The summed E-state index contributed by atoms with van der Waals surface area (Å²) in [5, 5.41) is 0. The fourth-order valence-electron chi connectivity index (χ4n) is 2.38. The first-order valence-electron chi connectivity index (χ1n) is 6.49. The summed E-state index contributed by atoms with van der Waals surface area (Å²) in [6, 6.07) is 14.7. The van der Waals surface area contributed by atoms with Gasteiger partial charge in [0.15, 0.2) is 0 Å². The Hall–Kier alpha value is -2.19. The number of benzene rings is 1. The molecule has 19 heavy (non-hydrogen) atoms. The Kier molecular flexibility index (Phi) is 3.02. The predicted molar refractivity (Wildman–Crippen MR) is 80.4 cm³/mol. The van der Waals surface area contributed by atoms with Crippen molar-refractivity contribution >= 4 is 11.3 Å². The van der Waals surface area contributed by atoms with E-state index in [1.54, 1.807) is 0 Å². The van der Waals surface area contributed by atoms with Crippen LogP contribution in [0.15, 0.2) is 73.2 Å². The summed E-state index contributed by atoms with van der Waals surface area (Å²) >= 11 is 0. The van der Waals surface area contributed by atoms with Crippen molar-refractivity contribution < 1.29 is 0 Å². The van der Waals surface area contributed by atoms with Crippen molar-refractivity contribution in [3.05, 3.63) is 78.8 Å². The molecule has 0 amide bonds. The normalized spacial score (nSPS) is 22.1. The lowest BCUT2D eigenvalue weighted by molar-refractivity contribution is 0.488. The third-order valence-electron chi connectivity index (χ3n) is 3.63. The molecule has 1 aromatic carbocycles. The van der Waals surface area contributed by atoms with Crippen LogP contribution in [0.1, 0.15) is 5.56 Å². The van der Waals surface area contributed by atoms with Crippen molar-refractivity contribution in [3.63, 3.8) is 0 Å². The van der Waals surface area contributed by atoms with Crippen molar-refractivity contribution in [2.24, 2.45) is 0 Å². The molecule has 0 aliphatic carbocycles. The molecule has 0 saturated carbocycles. The number of likely N-dealkylation sites (N-methyl/N-ethyl adjacent to an activating group) is 1. The summed E-state index contributed by atoms with van der Waals surface area (Å²) in [6.07, 6.45) is 10.4. The van der Waals surface area contributed by atoms with Crippen molar-refractivity contribution in [2.75, 3.05) is 13.6 Å². The summed E-state index contributed by atoms with van der Waals surface area (Å²) in [5.41, 5.74) is 3.81. The number of quaternary nitrogens is 1. The van der Waals surface area contributed by atoms with E-state index in [4.69, 9.17) is 0 Å². The highest BCUT2D eigenvalue weighted by molar-refractivity contribution is 5.75. The first-order valence-corrected chi connectivity index (χ1v) is 6.49. The Labute approximate surface area is 113 Å². The van der Waals surface area contributed by atoms with Gasteiger partial charge in [-0.2, -0.15) is 0 Å². The summed E-state index contributed by atoms with van der Waals surface area (Å²) in [4.78, 5) is 4.06. The second kappa shape index (κ2) is 4.82. The van der Waals surface area contributed by atoms with Gasteiger partial charge in [0, 0.05) is 12.4 Å². The molecule has 2 heteroatoms. The van der Waals surface area contributed by atoms with Gasteiger partial charge >= 0.3 is 0 Å². The number of allylic oxidation sites excluding steroid dienone is 2. The highest BCUT2D eigenvalue weighted by Crippen LogP contribution is 2.27. The summed E-state index contributed by atoms with van der Waals surface area (Å²) in [6.45, 7) is 0.970. The molecule has 1 aliphatic rings. The van der Waals surface area contributed by atoms with Crippen molar-refractivity contribution in [1.82, 2.24) is 9.47 Å². The first kappa shape index (κ1) is 11.9. The lowest BCUT2D eigenvalue weighted by Gasteiger charge is -2.31. The minimum Gasteiger partial charge on any atom is -0.265 e. The maximum Gasteiger partial charge on any atom is 0.137 e. The van der Waals surface area contributed by atoms with Crippen LogP contribution in [0.2, 0.25) is 0 Å². The molecule has 1 unspecified atom stereocenters. The number of hydrogen-bond donors (Lipinski definition) is 0. The summed E-state index contributed by atoms with van der Waals surface area (Å²) in [5.74, 6) is 0. The zero-order chi connectivity index (χ0) is 13.1. The van der Waals surface area contributed by atoms with Crippen LogP contribution < -0.4 is 4.48 Å². The van der Waals surface area contributed by atoms with Crippen LogP contribution >= 0.6 is 0 Å². The third-order valence-corrected chi connectivity index (χ3v) is 3.63. The number of nitrogens with zero attached hydrogens (tertiary/aromatic N) is 2. The van der Waals surface area contributed by atoms with Crippen LogP contribution in [-0.2, 0) is 0 Å². The summed E-state index contributed by atoms with van der Waals surface area (Å²) < 4.78 is 0.815. The average molecular weight is 249 g/mol. The van der Waals surface area contributed by atoms with Crippen molar-refractivity contribution in [1.29, 1.82) is 0 Å². The molecule has 0 fully saturated rings. The third kappa shape index (κ3) is 2.35. The van der Waals surface area contributed by atoms with Gasteiger partial charge in [-0.25, -0.2) is 0 Å². The van der Waals surface area contributed by atoms with Crippen LogP contribution in [0.3, 0.4) is 0 Å². The Morgan fingerprint density at radius 3 is 2.37 bits per heavy atom. The fraction of sp³-hybridized carbons (Fsp3) is 0.118. The van der Waals surface area contributed by atoms with E-state index in [0.717, 1.165) is 11.0 Å². The van der Waals surface area contributed by atoms with E-state index in [1.165, 1.54) is 16.8 Å². The Morgan fingerprint density at radius 1 is 1.00 bits per heavy atom. The Balaban J connectivity index is 1.87. The van der Waals surface area contributed by atoms with Crippen LogP contribution in [0.5, 0.6) is 0 Å². The quantitative estimate of drug-likeness (QED) is 0.741. The number of aromatic nitrogens is 1. The van der Waals surface area contributed by atoms with E-state index < -0.39 is 0 Å². The molecule has 0 radical (unpaired) electrons. The molecule has 0 N–H and O–H groups in total. The first-order chi connectivity index (χ1) is 9.28. The van der Waals surface area contributed by atoms with Gasteiger partial charge in [0.05, 0.1) is 7.05 Å². The second-order valence-electron chi connectivity index (χ2n) is 5.00. The van der Waals surface area contributed by atoms with Crippen LogP contribution in [0.25, 0.3) is 5.57 Å². The topological polar surface area (TPSA) is 12.9 Å². The van der Waals surface area contributed by atoms with Gasteiger partial charge in [-0.3, -0.25) is 9.47 Å². The Morgan fingerprint density at radius 2 is 1.74 bits per heavy atom. The number of rotatable bonds is 2. The van der Waals surface area contributed by atoms with Gasteiger partial charge in [-0.1, -0.05) is 18.2 Å². The van der Waals surface area contributed by atoms with Gasteiger partial charge in [-0.05, 0) is 47.6 Å². The van der Waals surface area contributed by atoms with E-state index in [0.29, 0.717) is 0 Å². The zero-order valence-corrected chi connectivity index (χ0v) is 11.0. The van der Waals surface area contributed by atoms with Crippen LogP contribution in [0.4, 0.5) is 5.69 Å². The van der Waals surface area contributed by atoms with Gasteiger partial charge in [0.25, 0.3) is 0 Å². The lowest BCUT2D eigenvalue weighted by Crippen LogP contribution is -2.40. The minimum absolute atomic E-state index is 0.815. The Bertz CT molecular complexity index is 614. The predicted octanol–water partition coefficient (Wildman–Crippen LogP) is 3.63. The van der Waals surface area contributed by atoms with Gasteiger partial charge < -0.3 is 0 Å². The molecular formula is C17H17N2+. The standard InChI is InChI=1S/C17H17N2/c1-19(17-5-3-2-4-6-17)13-9-16(10-14-19)15-7-11-18-12-8-15/h2-13H,14H2,1H3/q+1. The SMILES string of the molecule is C[N+]1(c2ccccc2)C=CC(c2ccncc2)=CC1. The molecule has 2 heterocycles. The van der Waals surface area contributed by atoms with Gasteiger partial charge in [-0.15, -0.1) is 0 Å². The molecule has 1 aromatic heterocycles. The van der Waals surface area contributed by atoms with E-state index in [2.05, 4.69) is 60.7 Å². The molecule has 0 saturated heterocycles. The highest BCUT2D eigenvalue weighted by atomic mass is 15.3. The molecule has 0 spiro atoms. The van der Waals surface area contributed by atoms with Crippen LogP contribution in [-0.4, -0.2) is 18.6 Å². The van der Waals surface area contributed by atoms with E-state index in [1.807, 2.05) is 24.5 Å². The lowest BCUT2D eigenvalue weighted by atomic mass is 10.0. The van der Waals surface area contributed by atoms with Crippen molar-refractivity contribution in [2.45, 2.75) is 0 Å². The fourth-order valence-corrected chi connectivity index (χ4v) is 2.38. The number of para-hydroxylation sites is 1. The van der Waals surface area contributed by atoms with Crippen LogP contribution in [0, 0.1) is 0 Å². The maximum atomic E-state index is 4.06. The van der Waals surface area contributed by atoms with Gasteiger partial charge in [0.1, 0.15) is 18.4 Å².